The van der Waals surface area contributed by atoms with Crippen LogP contribution in [-0.2, 0) is 23.6 Å². The van der Waals surface area contributed by atoms with Crippen molar-refractivity contribution < 1.29 is 8.42 Å². The Morgan fingerprint density at radius 2 is 2.24 bits per heavy atom. The number of nitrogens with two attached hydrogens (primary N) is 1. The lowest BCUT2D eigenvalue weighted by molar-refractivity contribution is 0.540. The maximum absolute atomic E-state index is 12.5. The fourth-order valence-electron chi connectivity index (χ4n) is 2.22. The number of aromatic nitrogens is 1. The zero-order chi connectivity index (χ0) is 15.5. The van der Waals surface area contributed by atoms with Gasteiger partial charge in [0.25, 0.3) is 0 Å². The lowest BCUT2D eigenvalue weighted by Crippen LogP contribution is -2.28. The summed E-state index contributed by atoms with van der Waals surface area (Å²) in [5, 5.41) is 1.96. The molecule has 2 aromatic heterocycles. The molecule has 2 heterocycles. The Balaban J connectivity index is 2.25. The molecule has 7 heteroatoms. The molecule has 0 bridgehead atoms. The summed E-state index contributed by atoms with van der Waals surface area (Å²) in [5.41, 5.74) is 6.39. The van der Waals surface area contributed by atoms with Gasteiger partial charge < -0.3 is 10.3 Å². The van der Waals surface area contributed by atoms with Gasteiger partial charge in [0.15, 0.2) is 0 Å². The Kier molecular flexibility index (Phi) is 5.21. The van der Waals surface area contributed by atoms with Gasteiger partial charge >= 0.3 is 0 Å². The number of sulfonamides is 1. The number of thiophene rings is 1. The van der Waals surface area contributed by atoms with Crippen LogP contribution < -0.4 is 10.5 Å². The highest BCUT2D eigenvalue weighted by atomic mass is 32.2. The van der Waals surface area contributed by atoms with E-state index in [0.717, 1.165) is 23.4 Å². The Labute approximate surface area is 129 Å². The maximum atomic E-state index is 12.5. The van der Waals surface area contributed by atoms with Gasteiger partial charge in [-0.15, -0.1) is 11.3 Å². The van der Waals surface area contributed by atoms with Crippen molar-refractivity contribution >= 4 is 21.4 Å². The van der Waals surface area contributed by atoms with Crippen LogP contribution in [0.5, 0.6) is 0 Å². The molecular formula is C14H21N3O2S2. The molecule has 5 nitrogen and oxygen atoms in total. The van der Waals surface area contributed by atoms with Gasteiger partial charge in [0, 0.05) is 30.4 Å². The van der Waals surface area contributed by atoms with Crippen molar-refractivity contribution in [2.75, 3.05) is 0 Å². The Hall–Kier alpha value is -1.15. The van der Waals surface area contributed by atoms with Gasteiger partial charge in [-0.1, -0.05) is 19.4 Å². The van der Waals surface area contributed by atoms with Crippen LogP contribution in [0.3, 0.4) is 0 Å². The van der Waals surface area contributed by atoms with Crippen molar-refractivity contribution in [3.63, 3.8) is 0 Å². The number of hydrogen-bond acceptors (Lipinski definition) is 4. The van der Waals surface area contributed by atoms with Crippen LogP contribution in [0.15, 0.2) is 34.7 Å². The predicted molar refractivity (Wildman–Crippen MR) is 85.6 cm³/mol. The van der Waals surface area contributed by atoms with Gasteiger partial charge in [-0.2, -0.15) is 0 Å². The maximum Gasteiger partial charge on any atom is 0.242 e. The first kappa shape index (κ1) is 16.2. The van der Waals surface area contributed by atoms with Gasteiger partial charge in [-0.3, -0.25) is 0 Å². The van der Waals surface area contributed by atoms with Gasteiger partial charge in [-0.05, 0) is 23.9 Å². The van der Waals surface area contributed by atoms with E-state index in [1.807, 2.05) is 24.4 Å². The minimum Gasteiger partial charge on any atom is -0.352 e. The van der Waals surface area contributed by atoms with Crippen LogP contribution in [0.1, 0.15) is 36.4 Å². The lowest BCUT2D eigenvalue weighted by atomic mass is 10.1. The Morgan fingerprint density at radius 1 is 1.48 bits per heavy atom. The molecular weight excluding hydrogens is 306 g/mol. The average molecular weight is 327 g/mol. The summed E-state index contributed by atoms with van der Waals surface area (Å²) in [6.45, 7) is 2.36. The van der Waals surface area contributed by atoms with Gasteiger partial charge in [0.1, 0.15) is 0 Å². The van der Waals surface area contributed by atoms with E-state index in [9.17, 15) is 8.42 Å². The van der Waals surface area contributed by atoms with Gasteiger partial charge in [-0.25, -0.2) is 13.1 Å². The molecule has 2 rings (SSSR count). The summed E-state index contributed by atoms with van der Waals surface area (Å²) < 4.78 is 29.6. The second-order valence-electron chi connectivity index (χ2n) is 4.96. The molecule has 116 valence electrons. The van der Waals surface area contributed by atoms with Crippen LogP contribution in [0.2, 0.25) is 0 Å². The molecule has 1 unspecified atom stereocenters. The highest BCUT2D eigenvalue weighted by molar-refractivity contribution is 7.89. The molecule has 21 heavy (non-hydrogen) atoms. The number of nitrogens with zero attached hydrogens (tertiary/aromatic N) is 1. The van der Waals surface area contributed by atoms with E-state index in [1.54, 1.807) is 35.2 Å². The van der Waals surface area contributed by atoms with Crippen LogP contribution in [0, 0.1) is 0 Å². The largest absolute Gasteiger partial charge is 0.352 e. The van der Waals surface area contributed by atoms with Crippen LogP contribution >= 0.6 is 11.3 Å². The third-order valence-corrected chi connectivity index (χ3v) is 5.79. The molecule has 0 aromatic carbocycles. The van der Waals surface area contributed by atoms with Gasteiger partial charge in [0.2, 0.25) is 10.0 Å². The topological polar surface area (TPSA) is 77.1 Å². The second-order valence-corrected chi connectivity index (χ2v) is 7.65. The number of nitrogens with one attached hydrogen (secondary N) is 1. The highest BCUT2D eigenvalue weighted by Gasteiger charge is 2.23. The van der Waals surface area contributed by atoms with Crippen molar-refractivity contribution in [3.05, 3.63) is 40.3 Å². The molecule has 1 atom stereocenters. The van der Waals surface area contributed by atoms with Crippen molar-refractivity contribution in [1.29, 1.82) is 0 Å². The van der Waals surface area contributed by atoms with E-state index in [-0.39, 0.29) is 10.9 Å². The van der Waals surface area contributed by atoms with Crippen LogP contribution in [0.25, 0.3) is 0 Å². The molecule has 3 N–H and O–H groups in total. The average Bonchev–Trinajstić information content (AvgIpc) is 3.07. The lowest BCUT2D eigenvalue weighted by Gasteiger charge is -2.16. The van der Waals surface area contributed by atoms with Crippen molar-refractivity contribution in [1.82, 2.24) is 9.29 Å². The fourth-order valence-corrected chi connectivity index (χ4v) is 4.45. The standard InChI is InChI=1S/C14H21N3O2S2/c1-3-5-13(14-6-4-7-20-14)16-21(18,19)12-8-11(9-15)17(2)10-12/h4,6-8,10,13,16H,3,5,9,15H2,1-2H3. The van der Waals surface area contributed by atoms with E-state index >= 15 is 0 Å². The van der Waals surface area contributed by atoms with Crippen molar-refractivity contribution in [2.45, 2.75) is 37.2 Å². The van der Waals surface area contributed by atoms with E-state index < -0.39 is 10.0 Å². The number of hydrogen-bond donors (Lipinski definition) is 2. The Morgan fingerprint density at radius 3 is 2.76 bits per heavy atom. The molecule has 0 fully saturated rings. The first-order chi connectivity index (χ1) is 9.97. The van der Waals surface area contributed by atoms with E-state index in [0.29, 0.717) is 6.54 Å². The normalized spacial score (nSPS) is 13.5. The molecule has 0 saturated heterocycles. The summed E-state index contributed by atoms with van der Waals surface area (Å²) in [5.74, 6) is 0. The van der Waals surface area contributed by atoms with Crippen LogP contribution in [0.4, 0.5) is 0 Å². The molecule has 0 amide bonds. The van der Waals surface area contributed by atoms with E-state index in [1.165, 1.54) is 0 Å². The third kappa shape index (κ3) is 3.74. The third-order valence-electron chi connectivity index (χ3n) is 3.36. The van der Waals surface area contributed by atoms with Crippen LogP contribution in [-0.4, -0.2) is 13.0 Å². The minimum atomic E-state index is -3.54. The van der Waals surface area contributed by atoms with E-state index in [4.69, 9.17) is 5.73 Å². The minimum absolute atomic E-state index is 0.179. The monoisotopic (exact) mass is 327 g/mol. The SMILES string of the molecule is CCCC(NS(=O)(=O)c1cc(CN)n(C)c1)c1cccs1. The molecule has 0 spiro atoms. The van der Waals surface area contributed by atoms with E-state index in [2.05, 4.69) is 4.72 Å². The first-order valence-electron chi connectivity index (χ1n) is 6.89. The van der Waals surface area contributed by atoms with Gasteiger partial charge in [0.05, 0.1) is 10.9 Å². The summed E-state index contributed by atoms with van der Waals surface area (Å²) >= 11 is 1.57. The predicted octanol–water partition coefficient (Wildman–Crippen LogP) is 2.36. The molecule has 0 radical (unpaired) electrons. The quantitative estimate of drug-likeness (QED) is 0.819. The first-order valence-corrected chi connectivity index (χ1v) is 9.25. The summed E-state index contributed by atoms with van der Waals surface area (Å²) in [7, 11) is -1.74. The van der Waals surface area contributed by atoms with Crippen molar-refractivity contribution in [2.24, 2.45) is 12.8 Å². The zero-order valence-corrected chi connectivity index (χ0v) is 13.9. The number of aryl methyl sites for hydroxylation is 1. The summed E-state index contributed by atoms with van der Waals surface area (Å²) in [6, 6.07) is 5.34. The molecule has 0 aliphatic carbocycles. The Bertz CT molecular complexity index is 675. The highest BCUT2D eigenvalue weighted by Crippen LogP contribution is 2.25. The smallest absolute Gasteiger partial charge is 0.242 e. The molecule has 0 saturated carbocycles. The zero-order valence-electron chi connectivity index (χ0n) is 12.2. The fraction of sp³-hybridized carbons (Fsp3) is 0.429. The van der Waals surface area contributed by atoms with Crippen molar-refractivity contribution in [3.8, 4) is 0 Å². The molecule has 0 aliphatic rings. The summed E-state index contributed by atoms with van der Waals surface area (Å²) in [6.07, 6.45) is 3.28. The second kappa shape index (κ2) is 6.74. The molecule has 0 aliphatic heterocycles. The molecule has 2 aromatic rings. The summed E-state index contributed by atoms with van der Waals surface area (Å²) in [4.78, 5) is 1.30. The number of rotatable bonds is 7.